The largest absolute Gasteiger partial charge is 0.463 e. The van der Waals surface area contributed by atoms with Gasteiger partial charge in [-0.3, -0.25) is 4.79 Å². The highest BCUT2D eigenvalue weighted by Gasteiger charge is 2.41. The van der Waals surface area contributed by atoms with E-state index in [0.717, 1.165) is 25.5 Å². The Balaban J connectivity index is 2.60. The van der Waals surface area contributed by atoms with Gasteiger partial charge in [0.25, 0.3) is 0 Å². The van der Waals surface area contributed by atoms with Crippen LogP contribution in [-0.2, 0) is 14.0 Å². The molecule has 2 unspecified atom stereocenters. The van der Waals surface area contributed by atoms with Crippen molar-refractivity contribution in [1.29, 1.82) is 0 Å². The molecule has 82 valence electrons. The van der Waals surface area contributed by atoms with Gasteiger partial charge in [0, 0.05) is 13.5 Å². The Labute approximate surface area is 86.9 Å². The minimum atomic E-state index is -1.77. The van der Waals surface area contributed by atoms with Crippen molar-refractivity contribution in [3.63, 3.8) is 0 Å². The second-order valence-corrected chi connectivity index (χ2v) is 8.18. The van der Waals surface area contributed by atoms with E-state index in [1.165, 1.54) is 13.3 Å². The Morgan fingerprint density at radius 3 is 2.71 bits per heavy atom. The first-order valence-electron chi connectivity index (χ1n) is 5.39. The maximum absolute atomic E-state index is 10.9. The first-order valence-corrected chi connectivity index (χ1v) is 8.09. The first kappa shape index (κ1) is 11.7. The number of hydrogen-bond donors (Lipinski definition) is 0. The molecule has 0 aliphatic carbocycles. The summed E-state index contributed by atoms with van der Waals surface area (Å²) >= 11 is 0. The second-order valence-electron chi connectivity index (χ2n) is 4.12. The highest BCUT2D eigenvalue weighted by molar-refractivity contribution is 6.74. The third-order valence-electron chi connectivity index (χ3n) is 2.86. The molecule has 0 spiro atoms. The Morgan fingerprint density at radius 2 is 2.29 bits per heavy atom. The SMILES string of the molecule is CCC(OC(C)=O)[Si]1(C)CCCCO1. The second kappa shape index (κ2) is 4.93. The summed E-state index contributed by atoms with van der Waals surface area (Å²) in [6, 6.07) is 1.12. The fourth-order valence-electron chi connectivity index (χ4n) is 2.05. The molecule has 4 heteroatoms. The number of carbonyl (C=O) groups excluding carboxylic acids is 1. The van der Waals surface area contributed by atoms with Crippen LogP contribution in [0.5, 0.6) is 0 Å². The summed E-state index contributed by atoms with van der Waals surface area (Å²) in [5.74, 6) is -0.181. The van der Waals surface area contributed by atoms with Crippen LogP contribution in [0.15, 0.2) is 0 Å². The van der Waals surface area contributed by atoms with Crippen LogP contribution in [0.1, 0.15) is 33.1 Å². The van der Waals surface area contributed by atoms with E-state index >= 15 is 0 Å². The average molecular weight is 216 g/mol. The van der Waals surface area contributed by atoms with Gasteiger partial charge in [-0.05, 0) is 25.4 Å². The lowest BCUT2D eigenvalue weighted by Crippen LogP contribution is -2.51. The molecule has 0 radical (unpaired) electrons. The molecule has 0 aromatic rings. The molecule has 0 N–H and O–H groups in total. The molecule has 1 aliphatic rings. The average Bonchev–Trinajstić information content (AvgIpc) is 2.15. The third kappa shape index (κ3) is 2.82. The molecule has 3 nitrogen and oxygen atoms in total. The van der Waals surface area contributed by atoms with Gasteiger partial charge in [0.2, 0.25) is 8.32 Å². The molecule has 1 aliphatic heterocycles. The van der Waals surface area contributed by atoms with Crippen molar-refractivity contribution in [2.45, 2.75) is 51.4 Å². The van der Waals surface area contributed by atoms with Gasteiger partial charge in [-0.1, -0.05) is 13.3 Å². The van der Waals surface area contributed by atoms with Crippen LogP contribution in [0, 0.1) is 0 Å². The molecule has 0 amide bonds. The quantitative estimate of drug-likeness (QED) is 0.536. The summed E-state index contributed by atoms with van der Waals surface area (Å²) < 4.78 is 11.2. The lowest BCUT2D eigenvalue weighted by atomic mass is 10.4. The van der Waals surface area contributed by atoms with Gasteiger partial charge in [-0.25, -0.2) is 0 Å². The van der Waals surface area contributed by atoms with E-state index in [-0.39, 0.29) is 11.7 Å². The van der Waals surface area contributed by atoms with Gasteiger partial charge in [0.05, 0.1) is 0 Å². The zero-order chi connectivity index (χ0) is 10.6. The normalized spacial score (nSPS) is 29.6. The molecule has 14 heavy (non-hydrogen) atoms. The van der Waals surface area contributed by atoms with Crippen LogP contribution in [0.2, 0.25) is 12.6 Å². The molecule has 0 aromatic carbocycles. The van der Waals surface area contributed by atoms with Gasteiger partial charge >= 0.3 is 5.97 Å². The molecule has 0 aromatic heterocycles. The van der Waals surface area contributed by atoms with Crippen molar-refractivity contribution < 1.29 is 14.0 Å². The Kier molecular flexibility index (Phi) is 4.13. The third-order valence-corrected chi connectivity index (χ3v) is 6.96. The van der Waals surface area contributed by atoms with Gasteiger partial charge in [-0.15, -0.1) is 0 Å². The fourth-order valence-corrected chi connectivity index (χ4v) is 5.54. The standard InChI is InChI=1S/C10H20O3Si/c1-4-10(13-9(2)11)14(3)8-6-5-7-12-14/h10H,4-8H2,1-3H3. The molecule has 2 atom stereocenters. The number of hydrogen-bond acceptors (Lipinski definition) is 3. The summed E-state index contributed by atoms with van der Waals surface area (Å²) in [6.45, 7) is 6.57. The number of esters is 1. The Bertz CT molecular complexity index is 200. The van der Waals surface area contributed by atoms with Gasteiger partial charge in [0.1, 0.15) is 5.73 Å². The van der Waals surface area contributed by atoms with Crippen molar-refractivity contribution in [2.75, 3.05) is 6.61 Å². The van der Waals surface area contributed by atoms with Crippen molar-refractivity contribution in [1.82, 2.24) is 0 Å². The van der Waals surface area contributed by atoms with E-state index in [1.54, 1.807) is 0 Å². The van der Waals surface area contributed by atoms with Gasteiger partial charge in [-0.2, -0.15) is 0 Å². The zero-order valence-electron chi connectivity index (χ0n) is 9.34. The van der Waals surface area contributed by atoms with Crippen LogP contribution >= 0.6 is 0 Å². The van der Waals surface area contributed by atoms with Crippen LogP contribution in [0.4, 0.5) is 0 Å². The predicted octanol–water partition coefficient (Wildman–Crippen LogP) is 2.25. The lowest BCUT2D eigenvalue weighted by Gasteiger charge is -2.37. The maximum Gasteiger partial charge on any atom is 0.302 e. The van der Waals surface area contributed by atoms with E-state index in [4.69, 9.17) is 9.16 Å². The van der Waals surface area contributed by atoms with E-state index in [1.807, 2.05) is 0 Å². The van der Waals surface area contributed by atoms with Crippen molar-refractivity contribution >= 4 is 14.3 Å². The van der Waals surface area contributed by atoms with E-state index in [2.05, 4.69) is 13.5 Å². The lowest BCUT2D eigenvalue weighted by molar-refractivity contribution is -0.143. The molecule has 0 bridgehead atoms. The van der Waals surface area contributed by atoms with Gasteiger partial charge in [0.15, 0.2) is 0 Å². The molecule has 1 saturated heterocycles. The predicted molar refractivity (Wildman–Crippen MR) is 57.5 cm³/mol. The van der Waals surface area contributed by atoms with E-state index in [0.29, 0.717) is 0 Å². The monoisotopic (exact) mass is 216 g/mol. The summed E-state index contributed by atoms with van der Waals surface area (Å²) in [4.78, 5) is 10.9. The highest BCUT2D eigenvalue weighted by atomic mass is 28.4. The minimum absolute atomic E-state index is 0.0419. The molecular formula is C10H20O3Si. The van der Waals surface area contributed by atoms with E-state index in [9.17, 15) is 4.79 Å². The molecular weight excluding hydrogens is 196 g/mol. The number of carbonyl (C=O) groups is 1. The van der Waals surface area contributed by atoms with Crippen LogP contribution in [-0.4, -0.2) is 26.6 Å². The molecule has 1 rings (SSSR count). The highest BCUT2D eigenvalue weighted by Crippen LogP contribution is 2.28. The molecule has 0 saturated carbocycles. The fraction of sp³-hybridized carbons (Fsp3) is 0.900. The summed E-state index contributed by atoms with van der Waals surface area (Å²) in [6.07, 6.45) is 3.25. The Morgan fingerprint density at radius 1 is 1.57 bits per heavy atom. The van der Waals surface area contributed by atoms with Crippen LogP contribution < -0.4 is 0 Å². The maximum atomic E-state index is 10.9. The smallest absolute Gasteiger partial charge is 0.302 e. The summed E-state index contributed by atoms with van der Waals surface area (Å²) in [5.41, 5.74) is 0.0419. The number of rotatable bonds is 3. The van der Waals surface area contributed by atoms with Gasteiger partial charge < -0.3 is 9.16 Å². The first-order chi connectivity index (χ1) is 6.58. The topological polar surface area (TPSA) is 35.5 Å². The van der Waals surface area contributed by atoms with Crippen molar-refractivity contribution in [3.05, 3.63) is 0 Å². The van der Waals surface area contributed by atoms with Crippen LogP contribution in [0.3, 0.4) is 0 Å². The molecule has 1 fully saturated rings. The molecule has 1 heterocycles. The zero-order valence-corrected chi connectivity index (χ0v) is 10.3. The van der Waals surface area contributed by atoms with Crippen molar-refractivity contribution in [3.8, 4) is 0 Å². The Hall–Kier alpha value is -0.353. The summed E-state index contributed by atoms with van der Waals surface area (Å²) in [7, 11) is -1.77. The minimum Gasteiger partial charge on any atom is -0.463 e. The summed E-state index contributed by atoms with van der Waals surface area (Å²) in [5, 5.41) is 0. The van der Waals surface area contributed by atoms with Crippen LogP contribution in [0.25, 0.3) is 0 Å². The number of ether oxygens (including phenoxy) is 1. The van der Waals surface area contributed by atoms with E-state index < -0.39 is 8.32 Å². The van der Waals surface area contributed by atoms with Crippen molar-refractivity contribution in [2.24, 2.45) is 0 Å².